The van der Waals surface area contributed by atoms with Crippen molar-refractivity contribution in [1.82, 2.24) is 0 Å². The average molecular weight is 328 g/mol. The molecule has 0 aliphatic carbocycles. The summed E-state index contributed by atoms with van der Waals surface area (Å²) < 4.78 is 0. The van der Waals surface area contributed by atoms with Crippen LogP contribution in [0.2, 0.25) is 0 Å². The first-order valence-electron chi connectivity index (χ1n) is 8.92. The van der Waals surface area contributed by atoms with Crippen LogP contribution in [0.25, 0.3) is 0 Å². The first kappa shape index (κ1) is 22.0. The van der Waals surface area contributed by atoms with Crippen molar-refractivity contribution in [2.24, 2.45) is 0 Å². The fraction of sp³-hybridized carbons (Fsp3) is 0.455. The van der Waals surface area contributed by atoms with Crippen LogP contribution in [0.15, 0.2) is 60.8 Å². The van der Waals surface area contributed by atoms with Crippen molar-refractivity contribution in [1.29, 1.82) is 0 Å². The zero-order chi connectivity index (χ0) is 17.9. The quantitative estimate of drug-likeness (QED) is 0.220. The highest BCUT2D eigenvalue weighted by molar-refractivity contribution is 5.87. The molecule has 0 aliphatic heterocycles. The van der Waals surface area contributed by atoms with E-state index in [1.165, 1.54) is 0 Å². The van der Waals surface area contributed by atoms with Crippen LogP contribution in [0.1, 0.15) is 65.2 Å². The number of hydrogen-bond donors (Lipinski definition) is 0. The van der Waals surface area contributed by atoms with Gasteiger partial charge in [0, 0.05) is 0 Å². The molecular formula is C22H32O2. The highest BCUT2D eigenvalue weighted by Gasteiger charge is 1.83. The Balaban J connectivity index is 3.43. The third kappa shape index (κ3) is 20.0. The van der Waals surface area contributed by atoms with Crippen molar-refractivity contribution in [3.8, 4) is 0 Å². The summed E-state index contributed by atoms with van der Waals surface area (Å²) in [6.07, 6.45) is 28.6. The van der Waals surface area contributed by atoms with Crippen LogP contribution in [0, 0.1) is 0 Å². The predicted molar refractivity (Wildman–Crippen MR) is 104 cm³/mol. The van der Waals surface area contributed by atoms with E-state index in [-0.39, 0.29) is 11.6 Å². The molecule has 2 heteroatoms. The van der Waals surface area contributed by atoms with Crippen LogP contribution in [0.4, 0.5) is 0 Å². The summed E-state index contributed by atoms with van der Waals surface area (Å²) in [7, 11) is 0. The summed E-state index contributed by atoms with van der Waals surface area (Å²) in [4.78, 5) is 21.4. The third-order valence-corrected chi connectivity index (χ3v) is 3.21. The minimum atomic E-state index is 0.115. The summed E-state index contributed by atoms with van der Waals surface area (Å²) in [5, 5.41) is 0. The van der Waals surface area contributed by atoms with E-state index in [9.17, 15) is 9.59 Å². The molecule has 0 N–H and O–H groups in total. The molecule has 2 nitrogen and oxygen atoms in total. The van der Waals surface area contributed by atoms with Gasteiger partial charge in [-0.2, -0.15) is 0 Å². The number of rotatable bonds is 14. The maximum atomic E-state index is 10.7. The minimum Gasteiger partial charge on any atom is -0.295 e. The lowest BCUT2D eigenvalue weighted by molar-refractivity contribution is -0.113. The molecule has 0 rings (SSSR count). The lowest BCUT2D eigenvalue weighted by Gasteiger charge is -1.90. The van der Waals surface area contributed by atoms with Gasteiger partial charge in [-0.3, -0.25) is 9.59 Å². The van der Waals surface area contributed by atoms with Crippen molar-refractivity contribution in [2.75, 3.05) is 0 Å². The molecule has 0 aromatic rings. The zero-order valence-electron chi connectivity index (χ0n) is 15.2. The van der Waals surface area contributed by atoms with E-state index in [0.717, 1.165) is 51.4 Å². The molecule has 0 atom stereocenters. The lowest BCUT2D eigenvalue weighted by atomic mass is 10.2. The topological polar surface area (TPSA) is 34.1 Å². The smallest absolute Gasteiger partial charge is 0.152 e. The molecule has 0 amide bonds. The van der Waals surface area contributed by atoms with Crippen molar-refractivity contribution < 1.29 is 9.59 Å². The summed E-state index contributed by atoms with van der Waals surface area (Å²) >= 11 is 0. The first-order valence-corrected chi connectivity index (χ1v) is 8.92. The van der Waals surface area contributed by atoms with Gasteiger partial charge in [-0.05, 0) is 77.4 Å². The normalized spacial score (nSPS) is 12.6. The van der Waals surface area contributed by atoms with Crippen LogP contribution in [0.3, 0.4) is 0 Å². The van der Waals surface area contributed by atoms with Crippen molar-refractivity contribution >= 4 is 11.6 Å². The molecule has 132 valence electrons. The van der Waals surface area contributed by atoms with Crippen LogP contribution < -0.4 is 0 Å². The fourth-order valence-corrected chi connectivity index (χ4v) is 1.98. The summed E-state index contributed by atoms with van der Waals surface area (Å²) in [6.45, 7) is 3.14. The maximum Gasteiger partial charge on any atom is 0.152 e. The zero-order valence-corrected chi connectivity index (χ0v) is 15.2. The van der Waals surface area contributed by atoms with Crippen LogP contribution in [-0.2, 0) is 9.59 Å². The monoisotopic (exact) mass is 328 g/mol. The molecule has 0 aliphatic rings. The molecule has 0 saturated heterocycles. The predicted octanol–water partition coefficient (Wildman–Crippen LogP) is 6.07. The highest BCUT2D eigenvalue weighted by atomic mass is 16.1. The third-order valence-electron chi connectivity index (χ3n) is 3.21. The van der Waals surface area contributed by atoms with Gasteiger partial charge < -0.3 is 0 Å². The van der Waals surface area contributed by atoms with E-state index in [1.54, 1.807) is 26.0 Å². The Bertz CT molecular complexity index is 432. The molecular weight excluding hydrogens is 296 g/mol. The van der Waals surface area contributed by atoms with E-state index in [2.05, 4.69) is 36.5 Å². The molecule has 0 spiro atoms. The van der Waals surface area contributed by atoms with Crippen molar-refractivity contribution in [2.45, 2.75) is 65.2 Å². The second-order valence-corrected chi connectivity index (χ2v) is 5.75. The second kappa shape index (κ2) is 17.4. The van der Waals surface area contributed by atoms with E-state index in [1.807, 2.05) is 12.2 Å². The van der Waals surface area contributed by atoms with Gasteiger partial charge in [0.05, 0.1) is 0 Å². The summed E-state index contributed by atoms with van der Waals surface area (Å²) in [5.74, 6) is 0.229. The highest BCUT2D eigenvalue weighted by Crippen LogP contribution is 2.01. The first-order chi connectivity index (χ1) is 11.6. The van der Waals surface area contributed by atoms with Gasteiger partial charge >= 0.3 is 0 Å². The number of allylic oxidation sites excluding steroid dienone is 10. The van der Waals surface area contributed by atoms with Gasteiger partial charge in [0.15, 0.2) is 11.6 Å². The van der Waals surface area contributed by atoms with Gasteiger partial charge in [0.25, 0.3) is 0 Å². The molecule has 24 heavy (non-hydrogen) atoms. The van der Waals surface area contributed by atoms with Gasteiger partial charge in [0.1, 0.15) is 0 Å². The Morgan fingerprint density at radius 1 is 0.458 bits per heavy atom. The Morgan fingerprint density at radius 3 is 0.875 bits per heavy atom. The molecule has 0 radical (unpaired) electrons. The molecule has 0 saturated carbocycles. The number of ketones is 2. The Labute approximate surface area is 147 Å². The van der Waals surface area contributed by atoms with Gasteiger partial charge in [-0.25, -0.2) is 0 Å². The summed E-state index contributed by atoms with van der Waals surface area (Å²) in [6, 6.07) is 0. The Morgan fingerprint density at radius 2 is 0.667 bits per heavy atom. The number of carbonyl (C=O) groups excluding carboxylic acids is 2. The van der Waals surface area contributed by atoms with E-state index >= 15 is 0 Å². The Kier molecular flexibility index (Phi) is 16.0. The van der Waals surface area contributed by atoms with Crippen molar-refractivity contribution in [3.63, 3.8) is 0 Å². The molecule has 0 aromatic carbocycles. The fourth-order valence-electron chi connectivity index (χ4n) is 1.98. The average Bonchev–Trinajstić information content (AvgIpc) is 2.53. The largest absolute Gasteiger partial charge is 0.295 e. The van der Waals surface area contributed by atoms with Crippen LogP contribution >= 0.6 is 0 Å². The van der Waals surface area contributed by atoms with E-state index in [4.69, 9.17) is 0 Å². The van der Waals surface area contributed by atoms with Crippen LogP contribution in [0.5, 0.6) is 0 Å². The molecule has 0 heterocycles. The Hall–Kier alpha value is -1.96. The lowest BCUT2D eigenvalue weighted by Crippen LogP contribution is -1.79. The van der Waals surface area contributed by atoms with Crippen LogP contribution in [-0.4, -0.2) is 11.6 Å². The standard InChI is InChI=1S/C22H32O2/c1-21(23)19-17-15-13-11-9-7-5-3-4-6-8-10-12-14-16-18-20-22(2)24/h3-4,9-12,17-20H,5-8,13-16H2,1-2H3. The number of hydrogen-bond acceptors (Lipinski definition) is 2. The molecule has 0 fully saturated rings. The maximum absolute atomic E-state index is 10.7. The molecule has 0 unspecified atom stereocenters. The minimum absolute atomic E-state index is 0.115. The molecule has 0 aromatic heterocycles. The molecule has 0 bridgehead atoms. The van der Waals surface area contributed by atoms with Gasteiger partial charge in [-0.15, -0.1) is 0 Å². The van der Waals surface area contributed by atoms with E-state index in [0.29, 0.717) is 0 Å². The number of unbranched alkanes of at least 4 members (excludes halogenated alkanes) is 4. The second-order valence-electron chi connectivity index (χ2n) is 5.75. The summed E-state index contributed by atoms with van der Waals surface area (Å²) in [5.41, 5.74) is 0. The SMILES string of the molecule is CC(=O)C=CCCC=CCCC=CCCC=CCCC=CC(C)=O. The van der Waals surface area contributed by atoms with E-state index < -0.39 is 0 Å². The number of carbonyl (C=O) groups is 2. The van der Waals surface area contributed by atoms with Gasteiger partial charge in [-0.1, -0.05) is 48.6 Å². The van der Waals surface area contributed by atoms with Crippen molar-refractivity contribution in [3.05, 3.63) is 60.8 Å². The van der Waals surface area contributed by atoms with Gasteiger partial charge in [0.2, 0.25) is 0 Å².